The van der Waals surface area contributed by atoms with Crippen molar-refractivity contribution >= 4 is 5.91 Å². The maximum absolute atomic E-state index is 11.8. The van der Waals surface area contributed by atoms with Crippen LogP contribution < -0.4 is 5.32 Å². The molecule has 1 amide bonds. The number of rotatable bonds is 4. The monoisotopic (exact) mass is 261 g/mol. The molecular weight excluding hydrogens is 238 g/mol. The van der Waals surface area contributed by atoms with Gasteiger partial charge in [0.25, 0.3) is 0 Å². The maximum atomic E-state index is 11.8. The molecule has 0 atom stereocenters. The second-order valence-electron chi connectivity index (χ2n) is 6.08. The zero-order valence-electron chi connectivity index (χ0n) is 11.8. The van der Waals surface area contributed by atoms with E-state index in [2.05, 4.69) is 17.4 Å². The summed E-state index contributed by atoms with van der Waals surface area (Å²) in [6, 6.07) is 6.37. The Morgan fingerprint density at radius 2 is 1.95 bits per heavy atom. The molecule has 2 rings (SSSR count). The SMILES string of the molecule is CC(C)(O)CNC(=O)Cc1ccc2c(c1)CCCC2. The Morgan fingerprint density at radius 1 is 1.26 bits per heavy atom. The smallest absolute Gasteiger partial charge is 0.224 e. The molecule has 0 unspecified atom stereocenters. The number of hydrogen-bond acceptors (Lipinski definition) is 2. The summed E-state index contributed by atoms with van der Waals surface area (Å²) in [7, 11) is 0. The number of carbonyl (C=O) groups is 1. The molecule has 19 heavy (non-hydrogen) atoms. The summed E-state index contributed by atoms with van der Waals surface area (Å²) in [6.07, 6.45) is 5.22. The molecule has 0 spiro atoms. The predicted octanol–water partition coefficient (Wildman–Crippen LogP) is 1.99. The molecule has 1 aromatic carbocycles. The van der Waals surface area contributed by atoms with Crippen LogP contribution in [0.2, 0.25) is 0 Å². The minimum absolute atomic E-state index is 0.0297. The lowest BCUT2D eigenvalue weighted by Gasteiger charge is -2.18. The Balaban J connectivity index is 1.94. The van der Waals surface area contributed by atoms with Gasteiger partial charge in [-0.25, -0.2) is 0 Å². The van der Waals surface area contributed by atoms with Gasteiger partial charge in [0.1, 0.15) is 0 Å². The third-order valence-electron chi connectivity index (χ3n) is 3.50. The van der Waals surface area contributed by atoms with Crippen LogP contribution >= 0.6 is 0 Å². The van der Waals surface area contributed by atoms with E-state index in [1.165, 1.54) is 30.4 Å². The van der Waals surface area contributed by atoms with Gasteiger partial charge in [0.2, 0.25) is 5.91 Å². The number of amides is 1. The number of fused-ring (bicyclic) bond motifs is 1. The van der Waals surface area contributed by atoms with Crippen molar-refractivity contribution in [3.05, 3.63) is 34.9 Å². The van der Waals surface area contributed by atoms with E-state index in [4.69, 9.17) is 0 Å². The molecule has 0 aliphatic heterocycles. The number of hydrogen-bond donors (Lipinski definition) is 2. The van der Waals surface area contributed by atoms with Crippen molar-refractivity contribution in [1.82, 2.24) is 5.32 Å². The molecule has 2 N–H and O–H groups in total. The van der Waals surface area contributed by atoms with Crippen molar-refractivity contribution in [2.45, 2.75) is 51.6 Å². The van der Waals surface area contributed by atoms with Gasteiger partial charge in [0, 0.05) is 6.54 Å². The van der Waals surface area contributed by atoms with Crippen LogP contribution in [0.15, 0.2) is 18.2 Å². The molecule has 0 saturated heterocycles. The highest BCUT2D eigenvalue weighted by molar-refractivity contribution is 5.78. The number of aryl methyl sites for hydroxylation is 2. The molecule has 3 heteroatoms. The topological polar surface area (TPSA) is 49.3 Å². The first kappa shape index (κ1) is 14.1. The van der Waals surface area contributed by atoms with Crippen molar-refractivity contribution in [3.63, 3.8) is 0 Å². The minimum atomic E-state index is -0.856. The van der Waals surface area contributed by atoms with Crippen LogP contribution in [0.3, 0.4) is 0 Å². The molecule has 0 heterocycles. The van der Waals surface area contributed by atoms with Gasteiger partial charge in [0.05, 0.1) is 12.0 Å². The van der Waals surface area contributed by atoms with Crippen molar-refractivity contribution in [1.29, 1.82) is 0 Å². The van der Waals surface area contributed by atoms with Gasteiger partial charge >= 0.3 is 0 Å². The molecule has 0 radical (unpaired) electrons. The van der Waals surface area contributed by atoms with Gasteiger partial charge < -0.3 is 10.4 Å². The Morgan fingerprint density at radius 3 is 2.63 bits per heavy atom. The summed E-state index contributed by atoms with van der Waals surface area (Å²) in [5.74, 6) is -0.0297. The molecule has 3 nitrogen and oxygen atoms in total. The van der Waals surface area contributed by atoms with Crippen molar-refractivity contribution in [3.8, 4) is 0 Å². The number of carbonyl (C=O) groups excluding carboxylic acids is 1. The fourth-order valence-corrected chi connectivity index (χ4v) is 2.46. The van der Waals surface area contributed by atoms with E-state index in [1.54, 1.807) is 13.8 Å². The highest BCUT2D eigenvalue weighted by Gasteiger charge is 2.15. The molecule has 104 valence electrons. The first-order chi connectivity index (χ1) is 8.94. The highest BCUT2D eigenvalue weighted by Crippen LogP contribution is 2.22. The summed E-state index contributed by atoms with van der Waals surface area (Å²) < 4.78 is 0. The zero-order chi connectivity index (χ0) is 13.9. The van der Waals surface area contributed by atoms with Crippen LogP contribution in [0.4, 0.5) is 0 Å². The standard InChI is InChI=1S/C16H23NO2/c1-16(2,19)11-17-15(18)10-12-7-8-13-5-3-4-6-14(13)9-12/h7-9,19H,3-6,10-11H2,1-2H3,(H,17,18). The van der Waals surface area contributed by atoms with Crippen LogP contribution in [-0.4, -0.2) is 23.2 Å². The Kier molecular flexibility index (Phi) is 4.25. The van der Waals surface area contributed by atoms with Gasteiger partial charge in [-0.15, -0.1) is 0 Å². The summed E-state index contributed by atoms with van der Waals surface area (Å²) in [4.78, 5) is 11.8. The quantitative estimate of drug-likeness (QED) is 0.871. The van der Waals surface area contributed by atoms with Crippen molar-refractivity contribution in [2.75, 3.05) is 6.54 Å². The molecule has 1 aromatic rings. The van der Waals surface area contributed by atoms with E-state index < -0.39 is 5.60 Å². The third-order valence-corrected chi connectivity index (χ3v) is 3.50. The molecule has 1 aliphatic rings. The average Bonchev–Trinajstić information content (AvgIpc) is 2.35. The Bertz CT molecular complexity index is 460. The molecule has 0 bridgehead atoms. The number of aliphatic hydroxyl groups is 1. The van der Waals surface area contributed by atoms with E-state index in [1.807, 2.05) is 6.07 Å². The largest absolute Gasteiger partial charge is 0.389 e. The zero-order valence-corrected chi connectivity index (χ0v) is 11.8. The lowest BCUT2D eigenvalue weighted by molar-refractivity contribution is -0.121. The highest BCUT2D eigenvalue weighted by atomic mass is 16.3. The van der Waals surface area contributed by atoms with Gasteiger partial charge in [0.15, 0.2) is 0 Å². The van der Waals surface area contributed by atoms with Crippen LogP contribution in [0.5, 0.6) is 0 Å². The second-order valence-corrected chi connectivity index (χ2v) is 6.08. The van der Waals surface area contributed by atoms with Crippen LogP contribution in [0.25, 0.3) is 0 Å². The van der Waals surface area contributed by atoms with E-state index in [-0.39, 0.29) is 12.5 Å². The van der Waals surface area contributed by atoms with Gasteiger partial charge in [-0.3, -0.25) is 4.79 Å². The summed E-state index contributed by atoms with van der Waals surface area (Å²) in [5, 5.41) is 12.3. The maximum Gasteiger partial charge on any atom is 0.224 e. The first-order valence-electron chi connectivity index (χ1n) is 7.04. The molecule has 0 fully saturated rings. The fraction of sp³-hybridized carbons (Fsp3) is 0.562. The summed E-state index contributed by atoms with van der Waals surface area (Å²) in [6.45, 7) is 3.66. The predicted molar refractivity (Wildman–Crippen MR) is 76.1 cm³/mol. The summed E-state index contributed by atoms with van der Waals surface area (Å²) in [5.41, 5.74) is 3.05. The van der Waals surface area contributed by atoms with Crippen LogP contribution in [0, 0.1) is 0 Å². The Labute approximate surface area is 115 Å². The Hall–Kier alpha value is -1.35. The second kappa shape index (κ2) is 5.74. The lowest BCUT2D eigenvalue weighted by Crippen LogP contribution is -2.38. The van der Waals surface area contributed by atoms with Gasteiger partial charge in [-0.1, -0.05) is 18.2 Å². The number of nitrogens with one attached hydrogen (secondary N) is 1. The van der Waals surface area contributed by atoms with E-state index in [0.717, 1.165) is 12.0 Å². The average molecular weight is 261 g/mol. The molecule has 0 saturated carbocycles. The summed E-state index contributed by atoms with van der Waals surface area (Å²) >= 11 is 0. The normalized spacial score (nSPS) is 14.9. The molecular formula is C16H23NO2. The first-order valence-corrected chi connectivity index (χ1v) is 7.04. The van der Waals surface area contributed by atoms with E-state index >= 15 is 0 Å². The third kappa shape index (κ3) is 4.35. The van der Waals surface area contributed by atoms with E-state index in [9.17, 15) is 9.90 Å². The minimum Gasteiger partial charge on any atom is -0.389 e. The number of benzene rings is 1. The van der Waals surface area contributed by atoms with Crippen molar-refractivity contribution < 1.29 is 9.90 Å². The van der Waals surface area contributed by atoms with Crippen LogP contribution in [0.1, 0.15) is 43.4 Å². The lowest BCUT2D eigenvalue weighted by atomic mass is 9.90. The fourth-order valence-electron chi connectivity index (χ4n) is 2.46. The van der Waals surface area contributed by atoms with Crippen LogP contribution in [-0.2, 0) is 24.1 Å². The van der Waals surface area contributed by atoms with Gasteiger partial charge in [-0.2, -0.15) is 0 Å². The molecule has 1 aliphatic carbocycles. The van der Waals surface area contributed by atoms with Crippen molar-refractivity contribution in [2.24, 2.45) is 0 Å². The molecule has 0 aromatic heterocycles. The van der Waals surface area contributed by atoms with Gasteiger partial charge in [-0.05, 0) is 56.2 Å². The van der Waals surface area contributed by atoms with E-state index in [0.29, 0.717) is 6.42 Å².